The van der Waals surface area contributed by atoms with E-state index in [2.05, 4.69) is 27.3 Å². The Kier molecular flexibility index (Phi) is 4.77. The van der Waals surface area contributed by atoms with Crippen LogP contribution >= 0.6 is 22.6 Å². The maximum absolute atomic E-state index is 11.0. The zero-order chi connectivity index (χ0) is 15.8. The fourth-order valence-electron chi connectivity index (χ4n) is 3.13. The number of halogens is 1. The predicted octanol–water partition coefficient (Wildman–Crippen LogP) is 2.41. The molecule has 2 N–H and O–H groups in total. The normalized spacial score (nSPS) is 27.5. The first-order valence-corrected chi connectivity index (χ1v) is 9.73. The molecule has 2 fully saturated rings. The van der Waals surface area contributed by atoms with Crippen molar-refractivity contribution in [3.05, 3.63) is 33.4 Å². The molecule has 1 saturated heterocycles. The Morgan fingerprint density at radius 3 is 2.59 bits per heavy atom. The monoisotopic (exact) mass is 439 g/mol. The van der Waals surface area contributed by atoms with Crippen LogP contribution in [0.15, 0.2) is 24.3 Å². The van der Waals surface area contributed by atoms with Crippen molar-refractivity contribution < 1.29 is 22.4 Å². The van der Waals surface area contributed by atoms with Gasteiger partial charge in [0.25, 0.3) is 0 Å². The van der Waals surface area contributed by atoms with Crippen LogP contribution in [0.5, 0.6) is 0 Å². The highest BCUT2D eigenvalue weighted by Gasteiger charge is 2.49. The van der Waals surface area contributed by atoms with Crippen LogP contribution in [-0.2, 0) is 19.8 Å². The van der Waals surface area contributed by atoms with Gasteiger partial charge in [0.15, 0.2) is 5.79 Å². The summed E-state index contributed by atoms with van der Waals surface area (Å²) in [5.41, 5.74) is 0.981. The molecule has 1 aliphatic carbocycles. The summed E-state index contributed by atoms with van der Waals surface area (Å²) in [7, 11) is -4.25. The molecule has 0 aromatic heterocycles. The van der Waals surface area contributed by atoms with Gasteiger partial charge in [-0.05, 0) is 47.1 Å². The quantitative estimate of drug-likeness (QED) is 0.556. The number of hydrogen-bond acceptors (Lipinski definition) is 4. The highest BCUT2D eigenvalue weighted by atomic mass is 127. The van der Waals surface area contributed by atoms with Gasteiger partial charge in [0.2, 0.25) is 0 Å². The summed E-state index contributed by atoms with van der Waals surface area (Å²) in [5.74, 6) is -0.616. The van der Waals surface area contributed by atoms with Crippen LogP contribution in [0.4, 0.5) is 0 Å². The van der Waals surface area contributed by atoms with Crippen molar-refractivity contribution in [1.29, 1.82) is 0 Å². The molecule has 0 bridgehead atoms. The van der Waals surface area contributed by atoms with Crippen molar-refractivity contribution in [2.45, 2.75) is 43.7 Å². The first kappa shape index (κ1) is 16.6. The van der Waals surface area contributed by atoms with Crippen molar-refractivity contribution in [3.63, 3.8) is 0 Å². The highest BCUT2D eigenvalue weighted by molar-refractivity contribution is 14.1. The first-order chi connectivity index (χ1) is 10.4. The Balaban J connectivity index is 1.85. The minimum atomic E-state index is -4.25. The van der Waals surface area contributed by atoms with Crippen molar-refractivity contribution in [1.82, 2.24) is 4.72 Å². The van der Waals surface area contributed by atoms with Gasteiger partial charge < -0.3 is 9.47 Å². The Morgan fingerprint density at radius 1 is 1.27 bits per heavy atom. The predicted molar refractivity (Wildman–Crippen MR) is 88.6 cm³/mol. The van der Waals surface area contributed by atoms with E-state index in [9.17, 15) is 8.42 Å². The molecule has 122 valence electrons. The molecule has 1 spiro atoms. The van der Waals surface area contributed by atoms with Crippen molar-refractivity contribution >= 4 is 32.9 Å². The summed E-state index contributed by atoms with van der Waals surface area (Å²) in [5, 5.41) is 0. The van der Waals surface area contributed by atoms with Crippen molar-refractivity contribution in [3.8, 4) is 0 Å². The minimum absolute atomic E-state index is 0.0176. The third kappa shape index (κ3) is 3.62. The molecule has 6 nitrogen and oxygen atoms in total. The van der Waals surface area contributed by atoms with Crippen LogP contribution < -0.4 is 4.72 Å². The molecule has 3 rings (SSSR count). The fraction of sp³-hybridized carbons (Fsp3) is 0.571. The largest absolute Gasteiger partial charge is 0.342 e. The molecule has 22 heavy (non-hydrogen) atoms. The smallest absolute Gasteiger partial charge is 0.333 e. The highest BCUT2D eigenvalue weighted by Crippen LogP contribution is 2.47. The zero-order valence-electron chi connectivity index (χ0n) is 11.9. The van der Waals surface area contributed by atoms with Crippen LogP contribution in [-0.4, -0.2) is 31.4 Å². The first-order valence-electron chi connectivity index (χ1n) is 7.21. The summed E-state index contributed by atoms with van der Waals surface area (Å²) in [6, 6.07) is 7.81. The summed E-state index contributed by atoms with van der Waals surface area (Å²) in [6.45, 7) is -0.0176. The summed E-state index contributed by atoms with van der Waals surface area (Å²) >= 11 is 2.23. The lowest BCUT2D eigenvalue weighted by molar-refractivity contribution is -0.169. The van der Waals surface area contributed by atoms with Gasteiger partial charge in [-0.15, -0.1) is 0 Å². The van der Waals surface area contributed by atoms with Crippen LogP contribution in [0.25, 0.3) is 0 Å². The molecule has 1 aromatic rings. The second kappa shape index (κ2) is 6.33. The summed E-state index contributed by atoms with van der Waals surface area (Å²) < 4.78 is 46.3. The molecule has 1 saturated carbocycles. The van der Waals surface area contributed by atoms with Gasteiger partial charge in [-0.25, -0.2) is 0 Å². The van der Waals surface area contributed by atoms with E-state index < -0.39 is 22.2 Å². The zero-order valence-corrected chi connectivity index (χ0v) is 14.8. The summed E-state index contributed by atoms with van der Waals surface area (Å²) in [4.78, 5) is 0. The Morgan fingerprint density at radius 2 is 1.95 bits per heavy atom. The van der Waals surface area contributed by atoms with Crippen molar-refractivity contribution in [2.75, 3.05) is 6.54 Å². The van der Waals surface area contributed by atoms with E-state index in [1.165, 1.54) is 0 Å². The molecule has 2 atom stereocenters. The number of ether oxygens (including phenoxy) is 2. The molecule has 0 radical (unpaired) electrons. The Labute approximate surface area is 143 Å². The average molecular weight is 439 g/mol. The van der Waals surface area contributed by atoms with Crippen molar-refractivity contribution in [2.24, 2.45) is 0 Å². The minimum Gasteiger partial charge on any atom is -0.342 e. The van der Waals surface area contributed by atoms with Gasteiger partial charge in [-0.3, -0.25) is 4.55 Å². The van der Waals surface area contributed by atoms with E-state index in [0.717, 1.165) is 34.8 Å². The van der Waals surface area contributed by atoms with E-state index in [1.54, 1.807) is 0 Å². The molecule has 1 aromatic carbocycles. The third-order valence-electron chi connectivity index (χ3n) is 4.09. The molecule has 2 unspecified atom stereocenters. The van der Waals surface area contributed by atoms with Gasteiger partial charge in [0.05, 0.1) is 0 Å². The lowest BCUT2D eigenvalue weighted by atomic mass is 10.0. The Hall–Kier alpha value is -0.260. The molecule has 0 amide bonds. The lowest BCUT2D eigenvalue weighted by Crippen LogP contribution is -2.35. The van der Waals surface area contributed by atoms with E-state index in [0.29, 0.717) is 0 Å². The Bertz CT molecular complexity index is 644. The van der Waals surface area contributed by atoms with E-state index >= 15 is 0 Å². The van der Waals surface area contributed by atoms with Crippen LogP contribution in [0.2, 0.25) is 0 Å². The SMILES string of the molecule is O=S(=O)(O)NCC1OC2(CCCC2)OC1c1ccccc1I. The molecular formula is C14H18INO5S. The van der Waals surface area contributed by atoms with Gasteiger partial charge in [-0.1, -0.05) is 18.2 Å². The molecule has 2 aliphatic rings. The maximum atomic E-state index is 11.0. The second-order valence-electron chi connectivity index (χ2n) is 5.66. The topological polar surface area (TPSA) is 84.9 Å². The van der Waals surface area contributed by atoms with Crippen LogP contribution in [0.1, 0.15) is 37.4 Å². The van der Waals surface area contributed by atoms with Gasteiger partial charge in [0.1, 0.15) is 12.2 Å². The van der Waals surface area contributed by atoms with Gasteiger partial charge in [0, 0.05) is 23.0 Å². The number of nitrogens with one attached hydrogen (secondary N) is 1. The maximum Gasteiger partial charge on any atom is 0.333 e. The number of benzene rings is 1. The van der Waals surface area contributed by atoms with E-state index in [4.69, 9.17) is 14.0 Å². The van der Waals surface area contributed by atoms with E-state index in [1.807, 2.05) is 24.3 Å². The van der Waals surface area contributed by atoms with Gasteiger partial charge in [-0.2, -0.15) is 13.1 Å². The van der Waals surface area contributed by atoms with Crippen LogP contribution in [0, 0.1) is 3.57 Å². The fourth-order valence-corrected chi connectivity index (χ4v) is 4.20. The molecular weight excluding hydrogens is 421 g/mol. The molecule has 1 heterocycles. The van der Waals surface area contributed by atoms with Crippen LogP contribution in [0.3, 0.4) is 0 Å². The molecule has 8 heteroatoms. The number of hydrogen-bond donors (Lipinski definition) is 2. The summed E-state index contributed by atoms with van der Waals surface area (Å²) in [6.07, 6.45) is 2.90. The van der Waals surface area contributed by atoms with E-state index in [-0.39, 0.29) is 12.6 Å². The van der Waals surface area contributed by atoms with Gasteiger partial charge >= 0.3 is 10.3 Å². The number of rotatable bonds is 4. The molecule has 1 aliphatic heterocycles. The average Bonchev–Trinajstić information content (AvgIpc) is 3.04. The lowest BCUT2D eigenvalue weighted by Gasteiger charge is -2.22. The second-order valence-corrected chi connectivity index (χ2v) is 8.06. The third-order valence-corrected chi connectivity index (χ3v) is 5.60. The standard InChI is InChI=1S/C14H18INO5S/c15-11-6-2-1-5-10(11)13-12(9-16-22(17,18)19)20-14(21-13)7-3-4-8-14/h1-2,5-6,12-13,16H,3-4,7-9H2,(H,17,18,19).